The predicted octanol–water partition coefficient (Wildman–Crippen LogP) is 1.28. The van der Waals surface area contributed by atoms with E-state index in [9.17, 15) is 0 Å². The first-order chi connectivity index (χ1) is 9.45. The molecule has 1 fully saturated rings. The van der Waals surface area contributed by atoms with Crippen molar-refractivity contribution in [1.82, 2.24) is 15.0 Å². The Hall–Kier alpha value is -0.980. The molecule has 0 aliphatic carbocycles. The summed E-state index contributed by atoms with van der Waals surface area (Å²) in [7, 11) is 0. The summed E-state index contributed by atoms with van der Waals surface area (Å²) in [6.07, 6.45) is 1.56. The van der Waals surface area contributed by atoms with E-state index in [1.165, 1.54) is 0 Å². The molecule has 3 heterocycles. The van der Waals surface area contributed by atoms with Gasteiger partial charge < -0.3 is 14.2 Å². The highest BCUT2D eigenvalue weighted by atomic mass is 16.6. The first kappa shape index (κ1) is 11.8. The maximum absolute atomic E-state index is 8.13. The van der Waals surface area contributed by atoms with Gasteiger partial charge in [0.25, 0.3) is 0 Å². The maximum atomic E-state index is 8.13. The highest BCUT2D eigenvalue weighted by Crippen LogP contribution is 2.50. The molecular weight excluding hydrogens is 246 g/mol. The Kier molecular flexibility index (Phi) is 2.82. The van der Waals surface area contributed by atoms with E-state index in [2.05, 4.69) is 10.3 Å². The Labute approximate surface area is 114 Å². The number of nitrogens with zero attached hydrogens (tertiary/aromatic N) is 3. The van der Waals surface area contributed by atoms with Gasteiger partial charge in [-0.3, -0.25) is 0 Å². The van der Waals surface area contributed by atoms with Crippen molar-refractivity contribution in [3.63, 3.8) is 0 Å². The average molecular weight is 269 g/mol. The standard InChI is InChI=1S/C13H21N3O3/c1-8(2)17-7-13-11-5-14-15-16(11)10(6-18-13)12(13)19-9(3)4/h5,8-10,12H,6-7H2,1-4H3/t10-,12?,13+/m1/s1/i6T/t6-,10+,12?,13-/m0. The molecule has 2 bridgehead atoms. The second-order valence-electron chi connectivity index (χ2n) is 5.66. The summed E-state index contributed by atoms with van der Waals surface area (Å²) in [6.45, 7) is 7.56. The van der Waals surface area contributed by atoms with Gasteiger partial charge in [0.05, 0.1) is 38.7 Å². The fourth-order valence-electron chi connectivity index (χ4n) is 2.73. The molecule has 0 aromatic carbocycles. The van der Waals surface area contributed by atoms with E-state index in [-0.39, 0.29) is 24.4 Å². The van der Waals surface area contributed by atoms with Gasteiger partial charge in [0.2, 0.25) is 0 Å². The second-order valence-corrected chi connectivity index (χ2v) is 5.66. The number of aromatic nitrogens is 3. The summed E-state index contributed by atoms with van der Waals surface area (Å²) in [5, 5.41) is 8.03. The van der Waals surface area contributed by atoms with Crippen LogP contribution in [0.2, 0.25) is 0 Å². The highest BCUT2D eigenvalue weighted by Gasteiger charge is 2.61. The van der Waals surface area contributed by atoms with Gasteiger partial charge in [0.1, 0.15) is 12.1 Å². The molecule has 6 heteroatoms. The smallest absolute Gasteiger partial charge is 0.163 e. The van der Waals surface area contributed by atoms with E-state index in [0.29, 0.717) is 6.61 Å². The van der Waals surface area contributed by atoms with Gasteiger partial charge >= 0.3 is 0 Å². The maximum Gasteiger partial charge on any atom is 0.163 e. The molecule has 3 rings (SSSR count). The quantitative estimate of drug-likeness (QED) is 0.806. The van der Waals surface area contributed by atoms with Crippen molar-refractivity contribution < 1.29 is 15.6 Å². The molecule has 0 amide bonds. The normalized spacial score (nSPS) is 37.2. The van der Waals surface area contributed by atoms with Gasteiger partial charge in [-0.15, -0.1) is 5.10 Å². The van der Waals surface area contributed by atoms with Crippen LogP contribution in [0.15, 0.2) is 6.20 Å². The van der Waals surface area contributed by atoms with Crippen molar-refractivity contribution >= 4 is 0 Å². The molecule has 1 aromatic rings. The van der Waals surface area contributed by atoms with Crippen molar-refractivity contribution in [2.75, 3.05) is 13.2 Å². The van der Waals surface area contributed by atoms with Crippen molar-refractivity contribution in [2.24, 2.45) is 0 Å². The minimum atomic E-state index is -0.769. The van der Waals surface area contributed by atoms with Crippen LogP contribution in [0.4, 0.5) is 0 Å². The molecule has 1 aromatic heterocycles. The lowest BCUT2D eigenvalue weighted by Crippen LogP contribution is -2.42. The molecule has 0 radical (unpaired) electrons. The molecule has 0 N–H and O–H groups in total. The van der Waals surface area contributed by atoms with E-state index in [4.69, 9.17) is 15.6 Å². The summed E-state index contributed by atoms with van der Waals surface area (Å²) in [5.41, 5.74) is 0.0760. The third-order valence-electron chi connectivity index (χ3n) is 3.53. The summed E-state index contributed by atoms with van der Waals surface area (Å²) in [6, 6.07) is -0.259. The van der Waals surface area contributed by atoms with Gasteiger partial charge in [0.15, 0.2) is 5.60 Å². The Morgan fingerprint density at radius 3 is 3.00 bits per heavy atom. The van der Waals surface area contributed by atoms with Crippen molar-refractivity contribution in [2.45, 2.75) is 57.6 Å². The molecule has 1 unspecified atom stereocenters. The van der Waals surface area contributed by atoms with E-state index >= 15 is 0 Å². The van der Waals surface area contributed by atoms with Crippen LogP contribution in [-0.2, 0) is 19.8 Å². The van der Waals surface area contributed by atoms with Crippen molar-refractivity contribution in [3.8, 4) is 0 Å². The first-order valence-electron chi connectivity index (χ1n) is 7.31. The average Bonchev–Trinajstić information content (AvgIpc) is 2.96. The fourth-order valence-corrected chi connectivity index (χ4v) is 2.73. The Morgan fingerprint density at radius 2 is 2.32 bits per heavy atom. The monoisotopic (exact) mass is 269 g/mol. The van der Waals surface area contributed by atoms with Gasteiger partial charge in [-0.05, 0) is 27.7 Å². The summed E-state index contributed by atoms with van der Waals surface area (Å²) < 4.78 is 27.6. The van der Waals surface area contributed by atoms with Crippen LogP contribution in [0.5, 0.6) is 0 Å². The SMILES string of the molecule is [3H][C@@H]1O[C@@]2(COC(C)C)c3cnnn3[C@H]1C2OC(C)C. The van der Waals surface area contributed by atoms with E-state index in [0.717, 1.165) is 5.69 Å². The van der Waals surface area contributed by atoms with E-state index < -0.39 is 12.2 Å². The van der Waals surface area contributed by atoms with Crippen LogP contribution in [0, 0.1) is 0 Å². The first-order valence-corrected chi connectivity index (χ1v) is 6.73. The minimum absolute atomic E-state index is 0.0485. The third-order valence-corrected chi connectivity index (χ3v) is 3.53. The van der Waals surface area contributed by atoms with Gasteiger partial charge in [0, 0.05) is 0 Å². The fraction of sp³-hybridized carbons (Fsp3) is 0.846. The third kappa shape index (κ3) is 1.89. The molecule has 0 spiro atoms. The van der Waals surface area contributed by atoms with Gasteiger partial charge in [-0.2, -0.15) is 0 Å². The summed E-state index contributed by atoms with van der Waals surface area (Å²) >= 11 is 0. The van der Waals surface area contributed by atoms with Crippen molar-refractivity contribution in [3.05, 3.63) is 11.9 Å². The number of ether oxygens (including phenoxy) is 3. The zero-order valence-electron chi connectivity index (χ0n) is 12.7. The largest absolute Gasteiger partial charge is 0.375 e. The topological polar surface area (TPSA) is 58.4 Å². The van der Waals surface area contributed by atoms with Crippen molar-refractivity contribution in [1.29, 1.82) is 0 Å². The molecule has 6 nitrogen and oxygen atoms in total. The highest BCUT2D eigenvalue weighted by molar-refractivity contribution is 5.24. The molecule has 19 heavy (non-hydrogen) atoms. The molecule has 106 valence electrons. The zero-order valence-corrected chi connectivity index (χ0v) is 11.7. The van der Waals surface area contributed by atoms with Gasteiger partial charge in [-0.1, -0.05) is 5.21 Å². The molecule has 1 saturated heterocycles. The molecule has 2 aliphatic heterocycles. The lowest BCUT2D eigenvalue weighted by molar-refractivity contribution is -0.147. The zero-order chi connectivity index (χ0) is 14.5. The predicted molar refractivity (Wildman–Crippen MR) is 67.8 cm³/mol. The van der Waals surface area contributed by atoms with Crippen LogP contribution < -0.4 is 0 Å². The van der Waals surface area contributed by atoms with Crippen LogP contribution in [0.25, 0.3) is 0 Å². The van der Waals surface area contributed by atoms with Crippen LogP contribution in [-0.4, -0.2) is 46.5 Å². The molecule has 4 atom stereocenters. The summed E-state index contributed by atoms with van der Waals surface area (Å²) in [4.78, 5) is 0. The van der Waals surface area contributed by atoms with Crippen LogP contribution >= 0.6 is 0 Å². The Morgan fingerprint density at radius 1 is 1.53 bits per heavy atom. The number of hydrogen-bond donors (Lipinski definition) is 0. The van der Waals surface area contributed by atoms with Gasteiger partial charge in [-0.25, -0.2) is 4.68 Å². The lowest BCUT2D eigenvalue weighted by atomic mass is 9.96. The van der Waals surface area contributed by atoms with E-state index in [1.54, 1.807) is 10.9 Å². The van der Waals surface area contributed by atoms with Crippen LogP contribution in [0.1, 0.15) is 40.8 Å². The number of fused-ring (bicyclic) bond motifs is 5. The Balaban J connectivity index is 1.97. The lowest BCUT2D eigenvalue weighted by Gasteiger charge is -2.31. The molecular formula is C13H21N3O3. The molecule has 2 aliphatic rings. The Bertz CT molecular complexity index is 493. The minimum Gasteiger partial charge on any atom is -0.375 e. The van der Waals surface area contributed by atoms with E-state index in [1.807, 2.05) is 27.7 Å². The number of hydrogen-bond acceptors (Lipinski definition) is 5. The number of rotatable bonds is 5. The summed E-state index contributed by atoms with van der Waals surface area (Å²) in [5.74, 6) is 0. The second kappa shape index (κ2) is 4.54. The molecule has 0 saturated carbocycles. The van der Waals surface area contributed by atoms with Crippen LogP contribution in [0.3, 0.4) is 0 Å².